The Balaban J connectivity index is 2.51. The van der Waals surface area contributed by atoms with Crippen molar-refractivity contribution in [1.29, 1.82) is 0 Å². The van der Waals surface area contributed by atoms with Crippen molar-refractivity contribution in [3.63, 3.8) is 0 Å². The van der Waals surface area contributed by atoms with Crippen molar-refractivity contribution in [1.82, 2.24) is 0 Å². The molecule has 4 heteroatoms. The number of ether oxygens (including phenoxy) is 2. The predicted octanol–water partition coefficient (Wildman–Crippen LogP) is 2.17. The third kappa shape index (κ3) is 2.00. The third-order valence-corrected chi connectivity index (χ3v) is 2.82. The number of carboxylic acids is 1. The summed E-state index contributed by atoms with van der Waals surface area (Å²) in [5, 5.41) is 9.50. The number of hydrogen-bond donors (Lipinski definition) is 1. The first-order chi connectivity index (χ1) is 8.06. The van der Waals surface area contributed by atoms with Crippen LogP contribution in [-0.2, 0) is 15.1 Å². The van der Waals surface area contributed by atoms with Gasteiger partial charge in [0, 0.05) is 12.0 Å². The van der Waals surface area contributed by atoms with E-state index < -0.39 is 11.6 Å². The van der Waals surface area contributed by atoms with E-state index in [1.807, 2.05) is 19.9 Å². The lowest BCUT2D eigenvalue weighted by Crippen LogP contribution is -2.44. The topological polar surface area (TPSA) is 55.8 Å². The SMILES string of the molecule is CC(C)OC1(C(=O)O)CCOc2ccccc21. The molecule has 1 aliphatic heterocycles. The lowest BCUT2D eigenvalue weighted by Gasteiger charge is -2.36. The fourth-order valence-electron chi connectivity index (χ4n) is 2.16. The van der Waals surface area contributed by atoms with E-state index in [1.54, 1.807) is 18.2 Å². The average molecular weight is 236 g/mol. The molecule has 0 saturated carbocycles. The average Bonchev–Trinajstić information content (AvgIpc) is 2.28. The van der Waals surface area contributed by atoms with Crippen molar-refractivity contribution in [3.8, 4) is 5.75 Å². The zero-order chi connectivity index (χ0) is 12.5. The summed E-state index contributed by atoms with van der Waals surface area (Å²) in [6.45, 7) is 4.03. The van der Waals surface area contributed by atoms with E-state index in [4.69, 9.17) is 9.47 Å². The van der Waals surface area contributed by atoms with E-state index in [-0.39, 0.29) is 6.10 Å². The maximum Gasteiger partial charge on any atom is 0.340 e. The first-order valence-corrected chi connectivity index (χ1v) is 5.70. The number of hydrogen-bond acceptors (Lipinski definition) is 3. The Hall–Kier alpha value is -1.55. The van der Waals surface area contributed by atoms with Crippen LogP contribution in [0.1, 0.15) is 25.8 Å². The van der Waals surface area contributed by atoms with Crippen LogP contribution in [0.5, 0.6) is 5.75 Å². The van der Waals surface area contributed by atoms with Crippen molar-refractivity contribution >= 4 is 5.97 Å². The second-order valence-electron chi connectivity index (χ2n) is 4.39. The summed E-state index contributed by atoms with van der Waals surface area (Å²) in [5.74, 6) is -0.358. The van der Waals surface area contributed by atoms with Gasteiger partial charge in [0.25, 0.3) is 0 Å². The van der Waals surface area contributed by atoms with Gasteiger partial charge in [-0.05, 0) is 19.9 Å². The van der Waals surface area contributed by atoms with E-state index in [2.05, 4.69) is 0 Å². The van der Waals surface area contributed by atoms with Gasteiger partial charge in [-0.3, -0.25) is 0 Å². The van der Waals surface area contributed by atoms with Gasteiger partial charge in [0.2, 0.25) is 0 Å². The quantitative estimate of drug-likeness (QED) is 0.873. The summed E-state index contributed by atoms with van der Waals surface area (Å²) < 4.78 is 11.2. The molecule has 4 nitrogen and oxygen atoms in total. The van der Waals surface area contributed by atoms with Crippen LogP contribution < -0.4 is 4.74 Å². The molecule has 0 aliphatic carbocycles. The van der Waals surface area contributed by atoms with Crippen molar-refractivity contribution < 1.29 is 19.4 Å². The maximum absolute atomic E-state index is 11.6. The highest BCUT2D eigenvalue weighted by molar-refractivity contribution is 5.81. The lowest BCUT2D eigenvalue weighted by atomic mass is 9.87. The van der Waals surface area contributed by atoms with Crippen molar-refractivity contribution in [2.45, 2.75) is 32.0 Å². The van der Waals surface area contributed by atoms with E-state index in [0.29, 0.717) is 24.3 Å². The van der Waals surface area contributed by atoms with Gasteiger partial charge < -0.3 is 14.6 Å². The number of para-hydroxylation sites is 1. The second-order valence-corrected chi connectivity index (χ2v) is 4.39. The second kappa shape index (κ2) is 4.37. The minimum Gasteiger partial charge on any atom is -0.493 e. The molecule has 0 spiro atoms. The molecule has 1 unspecified atom stereocenters. The summed E-state index contributed by atoms with van der Waals surface area (Å²) in [6.07, 6.45) is 0.176. The van der Waals surface area contributed by atoms with Crippen LogP contribution in [0.4, 0.5) is 0 Å². The smallest absolute Gasteiger partial charge is 0.340 e. The zero-order valence-corrected chi connectivity index (χ0v) is 9.97. The molecule has 0 bridgehead atoms. The predicted molar refractivity (Wildman–Crippen MR) is 62.1 cm³/mol. The van der Waals surface area contributed by atoms with E-state index in [9.17, 15) is 9.90 Å². The van der Waals surface area contributed by atoms with Crippen LogP contribution in [0, 0.1) is 0 Å². The molecule has 2 rings (SSSR count). The molecule has 1 aliphatic rings. The van der Waals surface area contributed by atoms with Gasteiger partial charge in [0.05, 0.1) is 12.7 Å². The van der Waals surface area contributed by atoms with Gasteiger partial charge >= 0.3 is 5.97 Å². The fourth-order valence-corrected chi connectivity index (χ4v) is 2.16. The molecular weight excluding hydrogens is 220 g/mol. The number of fused-ring (bicyclic) bond motifs is 1. The van der Waals surface area contributed by atoms with Gasteiger partial charge in [-0.25, -0.2) is 4.79 Å². The standard InChI is InChI=1S/C13H16O4/c1-9(2)17-13(12(14)15)7-8-16-11-6-4-3-5-10(11)13/h3-6,9H,7-8H2,1-2H3,(H,14,15). The molecule has 0 fully saturated rings. The van der Waals surface area contributed by atoms with E-state index >= 15 is 0 Å². The number of carbonyl (C=O) groups is 1. The van der Waals surface area contributed by atoms with E-state index in [1.165, 1.54) is 0 Å². The van der Waals surface area contributed by atoms with Gasteiger partial charge in [-0.1, -0.05) is 18.2 Å². The van der Waals surface area contributed by atoms with Crippen LogP contribution in [0.2, 0.25) is 0 Å². The van der Waals surface area contributed by atoms with Crippen LogP contribution in [0.3, 0.4) is 0 Å². The Morgan fingerprint density at radius 2 is 2.18 bits per heavy atom. The van der Waals surface area contributed by atoms with Crippen molar-refractivity contribution in [2.24, 2.45) is 0 Å². The highest BCUT2D eigenvalue weighted by Crippen LogP contribution is 2.40. The Kier molecular flexibility index (Phi) is 3.07. The number of carboxylic acid groups (broad SMARTS) is 1. The Bertz CT molecular complexity index is 427. The van der Waals surface area contributed by atoms with Gasteiger partial charge in [-0.2, -0.15) is 0 Å². The van der Waals surface area contributed by atoms with E-state index in [0.717, 1.165) is 0 Å². The van der Waals surface area contributed by atoms with Crippen LogP contribution in [0.25, 0.3) is 0 Å². The summed E-state index contributed by atoms with van der Waals surface area (Å²) >= 11 is 0. The first-order valence-electron chi connectivity index (χ1n) is 5.70. The van der Waals surface area contributed by atoms with Gasteiger partial charge in [0.1, 0.15) is 5.75 Å². The van der Waals surface area contributed by atoms with Crippen LogP contribution >= 0.6 is 0 Å². The molecular formula is C13H16O4. The molecule has 1 heterocycles. The van der Waals surface area contributed by atoms with Crippen molar-refractivity contribution in [3.05, 3.63) is 29.8 Å². The largest absolute Gasteiger partial charge is 0.493 e. The molecule has 1 aromatic rings. The summed E-state index contributed by atoms with van der Waals surface area (Å²) in [4.78, 5) is 11.6. The minimum atomic E-state index is -1.27. The number of rotatable bonds is 3. The Labute approximate surface area is 100 Å². The normalized spacial score (nSPS) is 23.0. The van der Waals surface area contributed by atoms with Gasteiger partial charge in [-0.15, -0.1) is 0 Å². The molecule has 0 radical (unpaired) electrons. The summed E-state index contributed by atoms with van der Waals surface area (Å²) in [6, 6.07) is 7.15. The molecule has 1 N–H and O–H groups in total. The van der Waals surface area contributed by atoms with Crippen LogP contribution in [-0.4, -0.2) is 23.8 Å². The summed E-state index contributed by atoms with van der Waals surface area (Å²) in [5.41, 5.74) is -0.671. The molecule has 17 heavy (non-hydrogen) atoms. The molecule has 92 valence electrons. The maximum atomic E-state index is 11.6. The summed E-state index contributed by atoms with van der Waals surface area (Å²) in [7, 11) is 0. The van der Waals surface area contributed by atoms with Gasteiger partial charge in [0.15, 0.2) is 5.60 Å². The highest BCUT2D eigenvalue weighted by Gasteiger charge is 2.46. The van der Waals surface area contributed by atoms with Crippen LogP contribution in [0.15, 0.2) is 24.3 Å². The molecule has 1 aromatic carbocycles. The molecule has 0 aromatic heterocycles. The monoisotopic (exact) mass is 236 g/mol. The molecule has 0 saturated heterocycles. The Morgan fingerprint density at radius 1 is 1.47 bits per heavy atom. The number of aliphatic carboxylic acids is 1. The minimum absolute atomic E-state index is 0.155. The zero-order valence-electron chi connectivity index (χ0n) is 9.97. The lowest BCUT2D eigenvalue weighted by molar-refractivity contribution is -0.179. The third-order valence-electron chi connectivity index (χ3n) is 2.82. The number of benzene rings is 1. The fraction of sp³-hybridized carbons (Fsp3) is 0.462. The van der Waals surface area contributed by atoms with Crippen molar-refractivity contribution in [2.75, 3.05) is 6.61 Å². The Morgan fingerprint density at radius 3 is 2.82 bits per heavy atom. The first kappa shape index (κ1) is 11.9. The molecule has 0 amide bonds. The molecule has 1 atom stereocenters. The highest BCUT2D eigenvalue weighted by atomic mass is 16.5.